The maximum atomic E-state index is 12.6. The van der Waals surface area contributed by atoms with E-state index in [0.717, 1.165) is 38.4 Å². The number of H-pyrrole nitrogens is 2. The lowest BCUT2D eigenvalue weighted by molar-refractivity contribution is -0.364. The van der Waals surface area contributed by atoms with Gasteiger partial charge in [0.2, 0.25) is 5.91 Å². The first-order valence-corrected chi connectivity index (χ1v) is 10.6. The number of hydrogen-bond donors (Lipinski definition) is 1. The summed E-state index contributed by atoms with van der Waals surface area (Å²) in [5.74, 6) is 1.41. The van der Waals surface area contributed by atoms with Crippen LogP contribution >= 0.6 is 11.8 Å². The van der Waals surface area contributed by atoms with Gasteiger partial charge in [0.15, 0.2) is 5.16 Å². The predicted octanol–water partition coefficient (Wildman–Crippen LogP) is 0.00540. The van der Waals surface area contributed by atoms with Crippen LogP contribution in [0.25, 0.3) is 0 Å². The Hall–Kier alpha value is -2.33. The summed E-state index contributed by atoms with van der Waals surface area (Å²) in [5.41, 5.74) is -0.252. The molecular formula is C18H25N6O3S+. The van der Waals surface area contributed by atoms with Crippen LogP contribution in [-0.4, -0.2) is 70.2 Å². The van der Waals surface area contributed by atoms with Crippen molar-refractivity contribution in [2.24, 2.45) is 0 Å². The second-order valence-corrected chi connectivity index (χ2v) is 7.90. The van der Waals surface area contributed by atoms with E-state index in [0.29, 0.717) is 24.8 Å². The normalized spacial score (nSPS) is 19.9. The van der Waals surface area contributed by atoms with Crippen LogP contribution in [0.1, 0.15) is 12.8 Å². The molecule has 4 heterocycles. The highest BCUT2D eigenvalue weighted by molar-refractivity contribution is 7.99. The van der Waals surface area contributed by atoms with E-state index in [9.17, 15) is 9.59 Å². The number of rotatable bonds is 6. The SMILES string of the molecule is O=C(CSc1n[nH]c(=O)n1C[C@H]1CCCO1)N1CCN(c2cccc[nH+]2)CC1. The second kappa shape index (κ2) is 8.78. The Morgan fingerprint density at radius 2 is 2.18 bits per heavy atom. The van der Waals surface area contributed by atoms with E-state index >= 15 is 0 Å². The number of aromatic nitrogens is 4. The van der Waals surface area contributed by atoms with Gasteiger partial charge in [-0.2, -0.15) is 0 Å². The molecule has 0 saturated carbocycles. The molecule has 9 nitrogen and oxygen atoms in total. The topological polar surface area (TPSA) is 97.6 Å². The third-order valence-electron chi connectivity index (χ3n) is 5.12. The molecule has 1 amide bonds. The number of carbonyl (C=O) groups is 1. The van der Waals surface area contributed by atoms with Crippen molar-refractivity contribution in [2.75, 3.05) is 43.4 Å². The first kappa shape index (κ1) is 19.0. The fourth-order valence-electron chi connectivity index (χ4n) is 3.56. The Balaban J connectivity index is 1.29. The van der Waals surface area contributed by atoms with Gasteiger partial charge in [-0.1, -0.05) is 17.8 Å². The fraction of sp³-hybridized carbons (Fsp3) is 0.556. The first-order valence-electron chi connectivity index (χ1n) is 9.60. The largest absolute Gasteiger partial charge is 0.376 e. The van der Waals surface area contributed by atoms with E-state index in [1.54, 1.807) is 4.57 Å². The quantitative estimate of drug-likeness (QED) is 0.680. The third-order valence-corrected chi connectivity index (χ3v) is 6.09. The maximum absolute atomic E-state index is 12.6. The van der Waals surface area contributed by atoms with Crippen molar-refractivity contribution < 1.29 is 14.5 Å². The standard InChI is InChI=1S/C18H24N6O3S/c25-16(23-9-7-22(8-10-23)15-5-1-2-6-19-15)13-28-18-21-20-17(26)24(18)12-14-4-3-11-27-14/h1-2,5-6,14H,3-4,7-13H2,(H,20,26)/p+1/t14-/m1/s1. The average Bonchev–Trinajstić information content (AvgIpc) is 3.38. The molecule has 0 bridgehead atoms. The van der Waals surface area contributed by atoms with Gasteiger partial charge in [-0.3, -0.25) is 14.3 Å². The van der Waals surface area contributed by atoms with E-state index < -0.39 is 0 Å². The summed E-state index contributed by atoms with van der Waals surface area (Å²) < 4.78 is 7.19. The number of nitrogens with one attached hydrogen (secondary N) is 2. The zero-order chi connectivity index (χ0) is 19.3. The first-order chi connectivity index (χ1) is 13.7. The minimum atomic E-state index is -0.252. The zero-order valence-corrected chi connectivity index (χ0v) is 16.5. The van der Waals surface area contributed by atoms with Crippen LogP contribution in [-0.2, 0) is 16.1 Å². The Morgan fingerprint density at radius 1 is 1.32 bits per heavy atom. The highest BCUT2D eigenvalue weighted by Crippen LogP contribution is 2.19. The van der Waals surface area contributed by atoms with E-state index in [2.05, 4.69) is 20.1 Å². The molecule has 2 aliphatic rings. The minimum absolute atomic E-state index is 0.0493. The van der Waals surface area contributed by atoms with Crippen molar-refractivity contribution in [1.29, 1.82) is 0 Å². The van der Waals surface area contributed by atoms with Gasteiger partial charge in [0.05, 0.1) is 37.7 Å². The molecule has 1 atom stereocenters. The fourth-order valence-corrected chi connectivity index (χ4v) is 4.42. The molecule has 2 saturated heterocycles. The van der Waals surface area contributed by atoms with Crippen LogP contribution < -0.4 is 15.6 Å². The number of thioether (sulfide) groups is 1. The lowest BCUT2D eigenvalue weighted by atomic mass is 10.2. The molecule has 150 valence electrons. The number of amides is 1. The van der Waals surface area contributed by atoms with E-state index in [1.807, 2.05) is 29.3 Å². The van der Waals surface area contributed by atoms with E-state index in [-0.39, 0.29) is 23.5 Å². The minimum Gasteiger partial charge on any atom is -0.376 e. The Kier molecular flexibility index (Phi) is 5.96. The summed E-state index contributed by atoms with van der Waals surface area (Å²) in [4.78, 5) is 32.0. The molecule has 4 rings (SSSR count). The Bertz CT molecular complexity index is 841. The van der Waals surface area contributed by atoms with Crippen LogP contribution in [0.15, 0.2) is 34.3 Å². The number of pyridine rings is 1. The molecule has 2 N–H and O–H groups in total. The highest BCUT2D eigenvalue weighted by atomic mass is 32.2. The number of anilines is 1. The van der Waals surface area contributed by atoms with Crippen molar-refractivity contribution in [2.45, 2.75) is 30.6 Å². The van der Waals surface area contributed by atoms with Gasteiger partial charge < -0.3 is 9.64 Å². The third kappa shape index (κ3) is 4.39. The van der Waals surface area contributed by atoms with Gasteiger partial charge in [0.25, 0.3) is 5.82 Å². The number of hydrogen-bond acceptors (Lipinski definition) is 6. The molecule has 0 aliphatic carbocycles. The monoisotopic (exact) mass is 405 g/mol. The molecule has 0 aromatic carbocycles. The van der Waals surface area contributed by atoms with Crippen LogP contribution in [0.5, 0.6) is 0 Å². The smallest absolute Gasteiger partial charge is 0.344 e. The summed E-state index contributed by atoms with van der Waals surface area (Å²) in [6.07, 6.45) is 3.92. The molecule has 2 aromatic rings. The van der Waals surface area contributed by atoms with Crippen molar-refractivity contribution in [3.05, 3.63) is 34.9 Å². The summed E-state index contributed by atoms with van der Waals surface area (Å²) in [5, 5.41) is 7.11. The molecule has 0 radical (unpaired) electrons. The molecular weight excluding hydrogens is 380 g/mol. The summed E-state index contributed by atoms with van der Waals surface area (Å²) in [7, 11) is 0. The van der Waals surface area contributed by atoms with Gasteiger partial charge >= 0.3 is 5.69 Å². The van der Waals surface area contributed by atoms with Crippen LogP contribution in [0, 0.1) is 0 Å². The van der Waals surface area contributed by atoms with Gasteiger partial charge in [-0.05, 0) is 18.9 Å². The van der Waals surface area contributed by atoms with E-state index in [4.69, 9.17) is 4.74 Å². The molecule has 28 heavy (non-hydrogen) atoms. The summed E-state index contributed by atoms with van der Waals surface area (Å²) in [6, 6.07) is 5.99. The molecule has 2 aliphatic heterocycles. The molecule has 0 spiro atoms. The van der Waals surface area contributed by atoms with Gasteiger partial charge in [-0.15, -0.1) is 5.10 Å². The predicted molar refractivity (Wildman–Crippen MR) is 104 cm³/mol. The van der Waals surface area contributed by atoms with Gasteiger partial charge in [0, 0.05) is 12.7 Å². The van der Waals surface area contributed by atoms with Gasteiger partial charge in [-0.25, -0.2) is 14.9 Å². The van der Waals surface area contributed by atoms with Crippen molar-refractivity contribution in [1.82, 2.24) is 19.7 Å². The van der Waals surface area contributed by atoms with Crippen molar-refractivity contribution in [3.8, 4) is 0 Å². The lowest BCUT2D eigenvalue weighted by Crippen LogP contribution is -2.50. The van der Waals surface area contributed by atoms with Crippen molar-refractivity contribution in [3.63, 3.8) is 0 Å². The highest BCUT2D eigenvalue weighted by Gasteiger charge is 2.26. The van der Waals surface area contributed by atoms with Crippen LogP contribution in [0.3, 0.4) is 0 Å². The van der Waals surface area contributed by atoms with Crippen LogP contribution in [0.2, 0.25) is 0 Å². The average molecular weight is 406 g/mol. The van der Waals surface area contributed by atoms with Crippen LogP contribution in [0.4, 0.5) is 5.82 Å². The molecule has 2 aromatic heterocycles. The number of piperazine rings is 1. The summed E-state index contributed by atoms with van der Waals surface area (Å²) in [6.45, 7) is 4.19. The lowest BCUT2D eigenvalue weighted by Gasteiger charge is -2.30. The van der Waals surface area contributed by atoms with E-state index in [1.165, 1.54) is 11.8 Å². The van der Waals surface area contributed by atoms with Gasteiger partial charge in [0.1, 0.15) is 13.1 Å². The molecule has 0 unspecified atom stereocenters. The number of aromatic amines is 2. The number of ether oxygens (including phenoxy) is 1. The number of nitrogens with zero attached hydrogens (tertiary/aromatic N) is 4. The zero-order valence-electron chi connectivity index (χ0n) is 15.7. The summed E-state index contributed by atoms with van der Waals surface area (Å²) >= 11 is 1.30. The number of carbonyl (C=O) groups excluding carboxylic acids is 1. The maximum Gasteiger partial charge on any atom is 0.344 e. The Labute approximate surface area is 167 Å². The van der Waals surface area contributed by atoms with Crippen molar-refractivity contribution >= 4 is 23.5 Å². The molecule has 2 fully saturated rings. The molecule has 10 heteroatoms. The Morgan fingerprint density at radius 3 is 2.89 bits per heavy atom. The second-order valence-electron chi connectivity index (χ2n) is 6.96.